The molecule has 0 heterocycles. The summed E-state index contributed by atoms with van der Waals surface area (Å²) in [7, 11) is 3.70. The van der Waals surface area contributed by atoms with Crippen molar-refractivity contribution in [2.24, 2.45) is 0 Å². The van der Waals surface area contributed by atoms with E-state index in [0.717, 1.165) is 21.1 Å². The summed E-state index contributed by atoms with van der Waals surface area (Å²) in [6.07, 6.45) is 0.912. The van der Waals surface area contributed by atoms with Crippen LogP contribution < -0.4 is 10.1 Å². The van der Waals surface area contributed by atoms with Crippen LogP contribution in [0, 0.1) is 6.92 Å². The third-order valence-corrected chi connectivity index (χ3v) is 4.97. The average Bonchev–Trinajstić information content (AvgIpc) is 2.49. The number of halogens is 2. The van der Waals surface area contributed by atoms with Crippen molar-refractivity contribution in [1.82, 2.24) is 5.32 Å². The number of rotatable bonds is 5. The van der Waals surface area contributed by atoms with Gasteiger partial charge < -0.3 is 10.1 Å². The summed E-state index contributed by atoms with van der Waals surface area (Å²) in [5, 5.41) is 3.39. The molecule has 0 aliphatic rings. The Balaban J connectivity index is 2.32. The van der Waals surface area contributed by atoms with E-state index >= 15 is 0 Å². The van der Waals surface area contributed by atoms with Gasteiger partial charge >= 0.3 is 0 Å². The highest BCUT2D eigenvalue weighted by Gasteiger charge is 2.16. The van der Waals surface area contributed by atoms with Crippen molar-refractivity contribution in [3.05, 3.63) is 62.0 Å². The Morgan fingerprint density at radius 2 is 1.81 bits per heavy atom. The Labute approximate surface area is 143 Å². The molecule has 0 aromatic heterocycles. The summed E-state index contributed by atoms with van der Waals surface area (Å²) in [4.78, 5) is 0. The summed E-state index contributed by atoms with van der Waals surface area (Å²) < 4.78 is 7.76. The van der Waals surface area contributed by atoms with E-state index in [4.69, 9.17) is 4.74 Å². The lowest BCUT2D eigenvalue weighted by molar-refractivity contribution is 0.400. The van der Waals surface area contributed by atoms with Gasteiger partial charge in [0, 0.05) is 20.6 Å². The number of ether oxygens (including phenoxy) is 1. The largest absolute Gasteiger partial charge is 0.496 e. The fraction of sp³-hybridized carbons (Fsp3) is 0.294. The molecule has 112 valence electrons. The van der Waals surface area contributed by atoms with Gasteiger partial charge in [0.2, 0.25) is 0 Å². The van der Waals surface area contributed by atoms with Crippen molar-refractivity contribution in [3.63, 3.8) is 0 Å². The Morgan fingerprint density at radius 3 is 2.38 bits per heavy atom. The number of nitrogens with one attached hydrogen (secondary N) is 1. The summed E-state index contributed by atoms with van der Waals surface area (Å²) in [5.41, 5.74) is 3.63. The van der Waals surface area contributed by atoms with Crippen LogP contribution in [0.3, 0.4) is 0 Å². The van der Waals surface area contributed by atoms with Crippen molar-refractivity contribution in [1.29, 1.82) is 0 Å². The van der Waals surface area contributed by atoms with E-state index in [9.17, 15) is 0 Å². The van der Waals surface area contributed by atoms with E-state index in [0.29, 0.717) is 0 Å². The maximum atomic E-state index is 5.55. The van der Waals surface area contributed by atoms with Crippen LogP contribution in [0.4, 0.5) is 0 Å². The number of hydrogen-bond donors (Lipinski definition) is 1. The lowest BCUT2D eigenvalue weighted by Crippen LogP contribution is -2.19. The SMILES string of the molecule is CNC(Cc1ccc(Br)cc1)c1cc(Br)c(C)cc1OC. The Bertz CT molecular complexity index is 611. The standard InChI is InChI=1S/C17H19Br2NO/c1-11-8-17(21-3)14(10-15(11)19)16(20-2)9-12-4-6-13(18)7-5-12/h4-8,10,16,20H,9H2,1-3H3. The normalized spacial score (nSPS) is 12.2. The topological polar surface area (TPSA) is 21.3 Å². The summed E-state index contributed by atoms with van der Waals surface area (Å²) >= 11 is 7.08. The molecule has 0 aliphatic carbocycles. The molecule has 2 aromatic carbocycles. The minimum absolute atomic E-state index is 0.207. The van der Waals surface area contributed by atoms with Crippen molar-refractivity contribution >= 4 is 31.9 Å². The first-order valence-electron chi connectivity index (χ1n) is 6.81. The molecular weight excluding hydrogens is 394 g/mol. The second-order valence-corrected chi connectivity index (χ2v) is 6.79. The Hall–Kier alpha value is -0.840. The van der Waals surface area contributed by atoms with E-state index in [-0.39, 0.29) is 6.04 Å². The molecule has 2 aromatic rings. The van der Waals surface area contributed by atoms with Gasteiger partial charge in [0.25, 0.3) is 0 Å². The maximum absolute atomic E-state index is 5.55. The van der Waals surface area contributed by atoms with Crippen LogP contribution in [0.5, 0.6) is 5.75 Å². The maximum Gasteiger partial charge on any atom is 0.123 e. The van der Waals surface area contributed by atoms with Gasteiger partial charge in [0.1, 0.15) is 5.75 Å². The second-order valence-electron chi connectivity index (χ2n) is 5.02. The average molecular weight is 413 g/mol. The summed E-state index contributed by atoms with van der Waals surface area (Å²) in [5.74, 6) is 0.923. The fourth-order valence-corrected chi connectivity index (χ4v) is 2.97. The molecule has 0 fully saturated rings. The molecule has 4 heteroatoms. The van der Waals surface area contributed by atoms with Crippen molar-refractivity contribution < 1.29 is 4.74 Å². The van der Waals surface area contributed by atoms with Gasteiger partial charge in [-0.05, 0) is 55.8 Å². The number of aryl methyl sites for hydroxylation is 1. The van der Waals surface area contributed by atoms with Crippen LogP contribution in [0.1, 0.15) is 22.7 Å². The smallest absolute Gasteiger partial charge is 0.123 e. The van der Waals surface area contributed by atoms with Gasteiger partial charge in [0.05, 0.1) is 7.11 Å². The highest BCUT2D eigenvalue weighted by atomic mass is 79.9. The quantitative estimate of drug-likeness (QED) is 0.743. The predicted molar refractivity (Wildman–Crippen MR) is 95.1 cm³/mol. The highest BCUT2D eigenvalue weighted by Crippen LogP contribution is 2.32. The first kappa shape index (κ1) is 16.5. The number of benzene rings is 2. The zero-order valence-corrected chi connectivity index (χ0v) is 15.6. The molecule has 1 N–H and O–H groups in total. The van der Waals surface area contributed by atoms with Gasteiger partial charge in [0.15, 0.2) is 0 Å². The van der Waals surface area contributed by atoms with Gasteiger partial charge in [-0.15, -0.1) is 0 Å². The van der Waals surface area contributed by atoms with E-state index in [1.165, 1.54) is 16.7 Å². The number of methoxy groups -OCH3 is 1. The molecule has 0 saturated carbocycles. The number of likely N-dealkylation sites (N-methyl/N-ethyl adjacent to an activating group) is 1. The zero-order chi connectivity index (χ0) is 15.4. The number of hydrogen-bond acceptors (Lipinski definition) is 2. The first-order valence-corrected chi connectivity index (χ1v) is 8.39. The zero-order valence-electron chi connectivity index (χ0n) is 12.4. The molecule has 0 amide bonds. The van der Waals surface area contributed by atoms with Gasteiger partial charge in [-0.3, -0.25) is 0 Å². The minimum Gasteiger partial charge on any atom is -0.496 e. The van der Waals surface area contributed by atoms with Crippen LogP contribution in [0.2, 0.25) is 0 Å². The molecule has 1 atom stereocenters. The van der Waals surface area contributed by atoms with Gasteiger partial charge in [-0.1, -0.05) is 44.0 Å². The van der Waals surface area contributed by atoms with Crippen LogP contribution >= 0.6 is 31.9 Å². The van der Waals surface area contributed by atoms with Crippen molar-refractivity contribution in [2.75, 3.05) is 14.2 Å². The lowest BCUT2D eigenvalue weighted by Gasteiger charge is -2.21. The van der Waals surface area contributed by atoms with E-state index in [1.54, 1.807) is 7.11 Å². The molecule has 0 spiro atoms. The predicted octanol–water partition coefficient (Wildman–Crippen LogP) is 5.03. The third kappa shape index (κ3) is 4.09. The Kier molecular flexibility index (Phi) is 5.85. The van der Waals surface area contributed by atoms with Gasteiger partial charge in [-0.2, -0.15) is 0 Å². The Morgan fingerprint density at radius 1 is 1.14 bits per heavy atom. The van der Waals surface area contributed by atoms with E-state index in [2.05, 4.69) is 80.5 Å². The molecule has 2 rings (SSSR count). The third-order valence-electron chi connectivity index (χ3n) is 3.59. The molecule has 1 unspecified atom stereocenters. The minimum atomic E-state index is 0.207. The molecule has 0 saturated heterocycles. The highest BCUT2D eigenvalue weighted by molar-refractivity contribution is 9.10. The summed E-state index contributed by atoms with van der Waals surface area (Å²) in [6.45, 7) is 2.07. The molecule has 0 bridgehead atoms. The van der Waals surface area contributed by atoms with E-state index < -0.39 is 0 Å². The van der Waals surface area contributed by atoms with Crippen molar-refractivity contribution in [2.45, 2.75) is 19.4 Å². The molecule has 21 heavy (non-hydrogen) atoms. The van der Waals surface area contributed by atoms with Crippen molar-refractivity contribution in [3.8, 4) is 5.75 Å². The van der Waals surface area contributed by atoms with Crippen LogP contribution in [0.25, 0.3) is 0 Å². The fourth-order valence-electron chi connectivity index (χ4n) is 2.34. The first-order chi connectivity index (χ1) is 10.0. The van der Waals surface area contributed by atoms with Crippen LogP contribution in [-0.2, 0) is 6.42 Å². The molecule has 0 aliphatic heterocycles. The molecular formula is C17H19Br2NO. The van der Waals surface area contributed by atoms with Crippen LogP contribution in [0.15, 0.2) is 45.3 Å². The second kappa shape index (κ2) is 7.43. The lowest BCUT2D eigenvalue weighted by atomic mass is 9.97. The summed E-state index contributed by atoms with van der Waals surface area (Å²) in [6, 6.07) is 12.9. The van der Waals surface area contributed by atoms with E-state index in [1.807, 2.05) is 7.05 Å². The monoisotopic (exact) mass is 411 g/mol. The van der Waals surface area contributed by atoms with Crippen LogP contribution in [-0.4, -0.2) is 14.2 Å². The molecule has 2 nitrogen and oxygen atoms in total. The molecule has 0 radical (unpaired) electrons. The van der Waals surface area contributed by atoms with Gasteiger partial charge in [-0.25, -0.2) is 0 Å².